The number of hydrogen-bond acceptors (Lipinski definition) is 2. The molecule has 64 valence electrons. The fourth-order valence-electron chi connectivity index (χ4n) is 1.12. The van der Waals surface area contributed by atoms with Crippen LogP contribution in [0, 0.1) is 0 Å². The quantitative estimate of drug-likeness (QED) is 0.636. The summed E-state index contributed by atoms with van der Waals surface area (Å²) in [6.07, 6.45) is 0.484. The maximum absolute atomic E-state index is 5.61. The van der Waals surface area contributed by atoms with E-state index >= 15 is 0 Å². The molecule has 2 rings (SSSR count). The summed E-state index contributed by atoms with van der Waals surface area (Å²) in [6.45, 7) is 2.87. The highest BCUT2D eigenvalue weighted by molar-refractivity contribution is 5.21. The van der Waals surface area contributed by atoms with Gasteiger partial charge in [0.15, 0.2) is 0 Å². The second kappa shape index (κ2) is 3.15. The molecular formula is C10H12O2. The third kappa shape index (κ3) is 1.77. The van der Waals surface area contributed by atoms with Gasteiger partial charge in [-0.3, -0.25) is 0 Å². The number of rotatable bonds is 3. The van der Waals surface area contributed by atoms with Crippen LogP contribution in [-0.4, -0.2) is 18.8 Å². The topological polar surface area (TPSA) is 21.8 Å². The van der Waals surface area contributed by atoms with Crippen molar-refractivity contribution >= 4 is 0 Å². The summed E-state index contributed by atoms with van der Waals surface area (Å²) in [4.78, 5) is 0. The molecule has 0 saturated carbocycles. The first kappa shape index (κ1) is 7.62. The van der Waals surface area contributed by atoms with E-state index in [0.717, 1.165) is 12.4 Å². The van der Waals surface area contributed by atoms with E-state index < -0.39 is 0 Å². The molecule has 1 aliphatic rings. The monoisotopic (exact) mass is 164 g/mol. The Labute approximate surface area is 72.1 Å². The van der Waals surface area contributed by atoms with Crippen LogP contribution in [-0.2, 0) is 4.74 Å². The van der Waals surface area contributed by atoms with Crippen LogP contribution in [0.4, 0.5) is 0 Å². The van der Waals surface area contributed by atoms with E-state index in [4.69, 9.17) is 9.47 Å². The first-order chi connectivity index (χ1) is 5.86. The number of ether oxygens (including phenoxy) is 2. The summed E-state index contributed by atoms with van der Waals surface area (Å²) in [5, 5.41) is 0. The lowest BCUT2D eigenvalue weighted by molar-refractivity contribution is 0.176. The molecule has 0 spiro atoms. The molecule has 2 heteroatoms. The van der Waals surface area contributed by atoms with Crippen molar-refractivity contribution in [1.82, 2.24) is 0 Å². The zero-order chi connectivity index (χ0) is 8.39. The van der Waals surface area contributed by atoms with Gasteiger partial charge in [0.1, 0.15) is 18.0 Å². The molecule has 0 radical (unpaired) electrons. The lowest BCUT2D eigenvalue weighted by Gasteiger charge is -2.11. The minimum atomic E-state index is 0.174. The maximum Gasteiger partial charge on any atom is 0.124 e. The summed E-state index contributed by atoms with van der Waals surface area (Å²) in [5.41, 5.74) is 0. The highest BCUT2D eigenvalue weighted by Crippen LogP contribution is 2.19. The van der Waals surface area contributed by atoms with E-state index in [9.17, 15) is 0 Å². The minimum Gasteiger partial charge on any atom is -0.488 e. The van der Waals surface area contributed by atoms with Gasteiger partial charge in [-0.25, -0.2) is 0 Å². The van der Waals surface area contributed by atoms with E-state index in [1.165, 1.54) is 0 Å². The Balaban J connectivity index is 1.94. The summed E-state index contributed by atoms with van der Waals surface area (Å²) in [7, 11) is 0. The fraction of sp³-hybridized carbons (Fsp3) is 0.400. The molecule has 0 aliphatic carbocycles. The molecule has 0 bridgehead atoms. The molecule has 1 heterocycles. The average molecular weight is 164 g/mol. The molecular weight excluding hydrogens is 152 g/mol. The fourth-order valence-corrected chi connectivity index (χ4v) is 1.12. The number of benzene rings is 1. The Morgan fingerprint density at radius 3 is 2.67 bits per heavy atom. The third-order valence-electron chi connectivity index (χ3n) is 1.95. The molecule has 1 fully saturated rings. The molecule has 1 aromatic rings. The second-order valence-corrected chi connectivity index (χ2v) is 3.01. The Morgan fingerprint density at radius 2 is 2.08 bits per heavy atom. The van der Waals surface area contributed by atoms with E-state index in [1.54, 1.807) is 0 Å². The highest BCUT2D eigenvalue weighted by Gasteiger charge is 2.30. The molecule has 1 aliphatic heterocycles. The van der Waals surface area contributed by atoms with Crippen LogP contribution in [0.15, 0.2) is 30.3 Å². The lowest BCUT2D eigenvalue weighted by atomic mass is 10.3. The second-order valence-electron chi connectivity index (χ2n) is 3.01. The van der Waals surface area contributed by atoms with E-state index in [0.29, 0.717) is 6.10 Å². The van der Waals surface area contributed by atoms with Gasteiger partial charge in [0, 0.05) is 0 Å². The molecule has 1 saturated heterocycles. The number of para-hydroxylation sites is 1. The molecule has 2 nitrogen and oxygen atoms in total. The molecule has 0 unspecified atom stereocenters. The molecule has 2 atom stereocenters. The van der Waals surface area contributed by atoms with Gasteiger partial charge in [0.05, 0.1) is 6.61 Å². The van der Waals surface area contributed by atoms with Crippen molar-refractivity contribution in [3.63, 3.8) is 0 Å². The van der Waals surface area contributed by atoms with Gasteiger partial charge in [-0.2, -0.15) is 0 Å². The van der Waals surface area contributed by atoms with Crippen LogP contribution in [0.3, 0.4) is 0 Å². The van der Waals surface area contributed by atoms with Gasteiger partial charge in [-0.15, -0.1) is 0 Å². The van der Waals surface area contributed by atoms with Crippen molar-refractivity contribution in [3.05, 3.63) is 30.3 Å². The van der Waals surface area contributed by atoms with E-state index in [2.05, 4.69) is 0 Å². The normalized spacial score (nSPS) is 23.2. The first-order valence-corrected chi connectivity index (χ1v) is 4.19. The minimum absolute atomic E-state index is 0.174. The van der Waals surface area contributed by atoms with Gasteiger partial charge in [-0.05, 0) is 19.1 Å². The standard InChI is InChI=1S/C10H12O2/c1-8(10-7-11-10)12-9-5-3-2-4-6-9/h2-6,8,10H,7H2,1H3/t8-,10-/m0/s1. The predicted molar refractivity (Wildman–Crippen MR) is 46.3 cm³/mol. The van der Waals surface area contributed by atoms with Crippen molar-refractivity contribution in [2.45, 2.75) is 19.1 Å². The summed E-state index contributed by atoms with van der Waals surface area (Å²) >= 11 is 0. The van der Waals surface area contributed by atoms with Gasteiger partial charge < -0.3 is 9.47 Å². The van der Waals surface area contributed by atoms with Gasteiger partial charge >= 0.3 is 0 Å². The maximum atomic E-state index is 5.61. The summed E-state index contributed by atoms with van der Waals surface area (Å²) < 4.78 is 10.7. The van der Waals surface area contributed by atoms with Crippen LogP contribution in [0.25, 0.3) is 0 Å². The Hall–Kier alpha value is -1.02. The summed E-state index contributed by atoms with van der Waals surface area (Å²) in [6, 6.07) is 9.83. The average Bonchev–Trinajstić information content (AvgIpc) is 2.88. The Bertz CT molecular complexity index is 241. The van der Waals surface area contributed by atoms with Gasteiger partial charge in [0.25, 0.3) is 0 Å². The van der Waals surface area contributed by atoms with Crippen LogP contribution in [0.1, 0.15) is 6.92 Å². The number of epoxide rings is 1. The van der Waals surface area contributed by atoms with Crippen molar-refractivity contribution in [3.8, 4) is 5.75 Å². The Kier molecular flexibility index (Phi) is 2.00. The zero-order valence-corrected chi connectivity index (χ0v) is 7.07. The molecule has 1 aromatic carbocycles. The highest BCUT2D eigenvalue weighted by atomic mass is 16.6. The van der Waals surface area contributed by atoms with Gasteiger partial charge in [0.2, 0.25) is 0 Å². The molecule has 0 aromatic heterocycles. The van der Waals surface area contributed by atoms with Crippen molar-refractivity contribution in [2.75, 3.05) is 6.61 Å². The predicted octanol–water partition coefficient (Wildman–Crippen LogP) is 1.85. The van der Waals surface area contributed by atoms with Crippen molar-refractivity contribution in [1.29, 1.82) is 0 Å². The van der Waals surface area contributed by atoms with Crippen LogP contribution < -0.4 is 4.74 Å². The SMILES string of the molecule is C[C@H](Oc1ccccc1)[C@@H]1CO1. The van der Waals surface area contributed by atoms with Crippen LogP contribution in [0.2, 0.25) is 0 Å². The van der Waals surface area contributed by atoms with Crippen LogP contribution >= 0.6 is 0 Å². The lowest BCUT2D eigenvalue weighted by Crippen LogP contribution is -2.18. The largest absolute Gasteiger partial charge is 0.488 e. The van der Waals surface area contributed by atoms with Crippen molar-refractivity contribution in [2.24, 2.45) is 0 Å². The zero-order valence-electron chi connectivity index (χ0n) is 7.07. The summed E-state index contributed by atoms with van der Waals surface area (Å²) in [5.74, 6) is 0.917. The first-order valence-electron chi connectivity index (χ1n) is 4.19. The van der Waals surface area contributed by atoms with E-state index in [1.807, 2.05) is 37.3 Å². The smallest absolute Gasteiger partial charge is 0.124 e. The molecule has 0 N–H and O–H groups in total. The van der Waals surface area contributed by atoms with Crippen LogP contribution in [0.5, 0.6) is 5.75 Å². The third-order valence-corrected chi connectivity index (χ3v) is 1.95. The van der Waals surface area contributed by atoms with Gasteiger partial charge in [-0.1, -0.05) is 18.2 Å². The molecule has 0 amide bonds. The Morgan fingerprint density at radius 1 is 1.42 bits per heavy atom. The van der Waals surface area contributed by atoms with E-state index in [-0.39, 0.29) is 6.10 Å². The number of hydrogen-bond donors (Lipinski definition) is 0. The molecule has 12 heavy (non-hydrogen) atoms. The van der Waals surface area contributed by atoms with Crippen molar-refractivity contribution < 1.29 is 9.47 Å².